The molecule has 0 aliphatic heterocycles. The fourth-order valence-electron chi connectivity index (χ4n) is 1.28. The van der Waals surface area contributed by atoms with E-state index >= 15 is 0 Å². The highest BCUT2D eigenvalue weighted by Crippen LogP contribution is 2.09. The van der Waals surface area contributed by atoms with Crippen LogP contribution in [-0.4, -0.2) is 16.5 Å². The molecule has 0 aliphatic rings. The molecule has 0 fully saturated rings. The highest BCUT2D eigenvalue weighted by Gasteiger charge is 1.98. The summed E-state index contributed by atoms with van der Waals surface area (Å²) in [6, 6.07) is 7.81. The van der Waals surface area contributed by atoms with Gasteiger partial charge in [-0.05, 0) is 23.9 Å². The van der Waals surface area contributed by atoms with Gasteiger partial charge in [0.2, 0.25) is 5.82 Å². The second-order valence-corrected chi connectivity index (χ2v) is 4.17. The second kappa shape index (κ2) is 5.24. The van der Waals surface area contributed by atoms with Crippen LogP contribution in [0.25, 0.3) is 0 Å². The van der Waals surface area contributed by atoms with Crippen LogP contribution >= 0.6 is 11.3 Å². The van der Waals surface area contributed by atoms with Crippen LogP contribution in [0.3, 0.4) is 0 Å². The first-order valence-electron chi connectivity index (χ1n) is 4.88. The molecule has 80 valence electrons. The Bertz CT molecular complexity index is 487. The Balaban J connectivity index is 1.88. The number of nitrogens with zero attached hydrogens (tertiary/aromatic N) is 3. The molecule has 2 aromatic rings. The minimum absolute atomic E-state index is 0.195. The zero-order valence-electron chi connectivity index (χ0n) is 8.55. The number of nitrogens with one attached hydrogen (secondary N) is 1. The monoisotopic (exact) mass is 230 g/mol. The number of aromatic nitrogens is 2. The first-order chi connectivity index (χ1) is 7.88. The summed E-state index contributed by atoms with van der Waals surface area (Å²) in [4.78, 5) is 9.17. The topological polar surface area (TPSA) is 61.6 Å². The minimum Gasteiger partial charge on any atom is -0.370 e. The second-order valence-electron chi connectivity index (χ2n) is 3.13. The van der Waals surface area contributed by atoms with Crippen molar-refractivity contribution in [1.29, 1.82) is 5.26 Å². The van der Waals surface area contributed by atoms with Crippen LogP contribution in [0.15, 0.2) is 29.8 Å². The highest BCUT2D eigenvalue weighted by molar-refractivity contribution is 7.09. The van der Waals surface area contributed by atoms with Gasteiger partial charge in [0.05, 0.1) is 0 Å². The normalized spacial score (nSPS) is 9.69. The van der Waals surface area contributed by atoms with Crippen molar-refractivity contribution in [1.82, 2.24) is 9.97 Å². The molecule has 0 bridgehead atoms. The van der Waals surface area contributed by atoms with Crippen molar-refractivity contribution in [2.24, 2.45) is 0 Å². The number of nitriles is 1. The third kappa shape index (κ3) is 2.78. The van der Waals surface area contributed by atoms with Crippen LogP contribution in [-0.2, 0) is 6.42 Å². The summed E-state index contributed by atoms with van der Waals surface area (Å²) >= 11 is 1.74. The first kappa shape index (κ1) is 10.6. The van der Waals surface area contributed by atoms with E-state index in [2.05, 4.69) is 26.7 Å². The van der Waals surface area contributed by atoms with Crippen molar-refractivity contribution in [2.45, 2.75) is 6.42 Å². The van der Waals surface area contributed by atoms with Crippen LogP contribution in [0.4, 0.5) is 5.82 Å². The van der Waals surface area contributed by atoms with Crippen LogP contribution < -0.4 is 5.32 Å². The van der Waals surface area contributed by atoms with Crippen LogP contribution in [0.2, 0.25) is 0 Å². The first-order valence-corrected chi connectivity index (χ1v) is 5.76. The van der Waals surface area contributed by atoms with Gasteiger partial charge in [0.25, 0.3) is 0 Å². The molecule has 0 radical (unpaired) electrons. The minimum atomic E-state index is 0.195. The van der Waals surface area contributed by atoms with E-state index in [1.165, 1.54) is 4.88 Å². The van der Waals surface area contributed by atoms with Crippen molar-refractivity contribution in [3.05, 3.63) is 40.5 Å². The van der Waals surface area contributed by atoms with Crippen LogP contribution in [0.1, 0.15) is 10.7 Å². The highest BCUT2D eigenvalue weighted by atomic mass is 32.1. The molecule has 0 aromatic carbocycles. The zero-order valence-corrected chi connectivity index (χ0v) is 9.37. The van der Waals surface area contributed by atoms with E-state index in [1.54, 1.807) is 23.6 Å². The molecule has 16 heavy (non-hydrogen) atoms. The predicted molar refractivity (Wildman–Crippen MR) is 63.3 cm³/mol. The van der Waals surface area contributed by atoms with Crippen LogP contribution in [0.5, 0.6) is 0 Å². The van der Waals surface area contributed by atoms with Gasteiger partial charge in [0.15, 0.2) is 0 Å². The number of hydrogen-bond donors (Lipinski definition) is 1. The van der Waals surface area contributed by atoms with E-state index in [-0.39, 0.29) is 5.82 Å². The van der Waals surface area contributed by atoms with E-state index in [9.17, 15) is 0 Å². The van der Waals surface area contributed by atoms with Gasteiger partial charge >= 0.3 is 0 Å². The molecule has 0 saturated heterocycles. The Morgan fingerprint density at radius 2 is 2.38 bits per heavy atom. The Morgan fingerprint density at radius 3 is 3.12 bits per heavy atom. The smallest absolute Gasteiger partial charge is 0.234 e. The molecule has 0 atom stereocenters. The third-order valence-electron chi connectivity index (χ3n) is 2.01. The Hall–Kier alpha value is -1.93. The van der Waals surface area contributed by atoms with E-state index in [0.29, 0.717) is 5.82 Å². The maximum Gasteiger partial charge on any atom is 0.234 e. The van der Waals surface area contributed by atoms with Crippen molar-refractivity contribution < 1.29 is 0 Å². The molecule has 0 saturated carbocycles. The summed E-state index contributed by atoms with van der Waals surface area (Å²) in [7, 11) is 0. The number of hydrogen-bond acceptors (Lipinski definition) is 5. The molecule has 0 unspecified atom stereocenters. The van der Waals surface area contributed by atoms with E-state index < -0.39 is 0 Å². The van der Waals surface area contributed by atoms with E-state index in [0.717, 1.165) is 13.0 Å². The van der Waals surface area contributed by atoms with Gasteiger partial charge in [-0.15, -0.1) is 11.3 Å². The lowest BCUT2D eigenvalue weighted by molar-refractivity contribution is 1.01. The van der Waals surface area contributed by atoms with Gasteiger partial charge in [-0.1, -0.05) is 6.07 Å². The van der Waals surface area contributed by atoms with Crippen molar-refractivity contribution in [2.75, 3.05) is 11.9 Å². The summed E-state index contributed by atoms with van der Waals surface area (Å²) in [6.07, 6.45) is 2.54. The molecule has 5 heteroatoms. The molecule has 0 spiro atoms. The number of rotatable bonds is 4. The van der Waals surface area contributed by atoms with Gasteiger partial charge in [0.1, 0.15) is 11.9 Å². The summed E-state index contributed by atoms with van der Waals surface area (Å²) in [6.45, 7) is 0.808. The Kier molecular flexibility index (Phi) is 3.46. The quantitative estimate of drug-likeness (QED) is 0.873. The molecule has 1 N–H and O–H groups in total. The fourth-order valence-corrected chi connectivity index (χ4v) is 1.99. The molecule has 0 aliphatic carbocycles. The maximum atomic E-state index is 8.64. The van der Waals surface area contributed by atoms with Crippen molar-refractivity contribution in [3.8, 4) is 6.07 Å². The summed E-state index contributed by atoms with van der Waals surface area (Å²) in [5.41, 5.74) is 0. The summed E-state index contributed by atoms with van der Waals surface area (Å²) in [5.74, 6) is 0.893. The molecule has 2 aromatic heterocycles. The third-order valence-corrected chi connectivity index (χ3v) is 2.95. The lowest BCUT2D eigenvalue weighted by Gasteiger charge is -2.03. The Labute approximate surface area is 97.6 Å². The molecule has 2 rings (SSSR count). The lowest BCUT2D eigenvalue weighted by atomic mass is 10.3. The molecule has 2 heterocycles. The molecular formula is C11H10N4S. The molecule has 0 amide bonds. The van der Waals surface area contributed by atoms with Crippen molar-refractivity contribution in [3.63, 3.8) is 0 Å². The standard InChI is InChI=1S/C11H10N4S/c12-8-11-14-6-4-10(15-11)13-5-3-9-2-1-7-16-9/h1-2,4,6-7H,3,5H2,(H,13,14,15). The number of anilines is 1. The van der Waals surface area contributed by atoms with Gasteiger partial charge < -0.3 is 5.32 Å². The largest absolute Gasteiger partial charge is 0.370 e. The van der Waals surface area contributed by atoms with Gasteiger partial charge in [-0.2, -0.15) is 5.26 Å². The lowest BCUT2D eigenvalue weighted by Crippen LogP contribution is -2.06. The molecule has 4 nitrogen and oxygen atoms in total. The average Bonchev–Trinajstić information content (AvgIpc) is 2.82. The predicted octanol–water partition coefficient (Wildman–Crippen LogP) is 2.06. The zero-order chi connectivity index (χ0) is 11.2. The van der Waals surface area contributed by atoms with Crippen molar-refractivity contribution >= 4 is 17.2 Å². The summed E-state index contributed by atoms with van der Waals surface area (Å²) in [5, 5.41) is 13.9. The maximum absolute atomic E-state index is 8.64. The molecular weight excluding hydrogens is 220 g/mol. The fraction of sp³-hybridized carbons (Fsp3) is 0.182. The number of thiophene rings is 1. The van der Waals surface area contributed by atoms with Gasteiger partial charge in [-0.3, -0.25) is 0 Å². The van der Waals surface area contributed by atoms with Gasteiger partial charge in [0, 0.05) is 17.6 Å². The van der Waals surface area contributed by atoms with E-state index in [4.69, 9.17) is 5.26 Å². The van der Waals surface area contributed by atoms with Crippen LogP contribution in [0, 0.1) is 11.3 Å². The van der Waals surface area contributed by atoms with Gasteiger partial charge in [-0.25, -0.2) is 9.97 Å². The van der Waals surface area contributed by atoms with E-state index in [1.807, 2.05) is 12.1 Å². The summed E-state index contributed by atoms with van der Waals surface area (Å²) < 4.78 is 0. The SMILES string of the molecule is N#Cc1nccc(NCCc2cccs2)n1. The average molecular weight is 230 g/mol. The Morgan fingerprint density at radius 1 is 1.44 bits per heavy atom.